The van der Waals surface area contributed by atoms with E-state index in [2.05, 4.69) is 6.92 Å². The first kappa shape index (κ1) is 12.8. The summed E-state index contributed by atoms with van der Waals surface area (Å²) in [6, 6.07) is 5.59. The second-order valence-electron chi connectivity index (χ2n) is 6.60. The Morgan fingerprint density at radius 1 is 1.29 bits per heavy atom. The van der Waals surface area contributed by atoms with Crippen LogP contribution < -0.4 is 4.74 Å². The van der Waals surface area contributed by atoms with E-state index in [1.807, 2.05) is 25.1 Å². The molecule has 2 aromatic carbocycles. The minimum Gasteiger partial charge on any atom is -0.507 e. The van der Waals surface area contributed by atoms with Crippen molar-refractivity contribution in [2.75, 3.05) is 6.61 Å². The first-order valence-electron chi connectivity index (χ1n) is 7.70. The van der Waals surface area contributed by atoms with Gasteiger partial charge in [-0.15, -0.1) is 0 Å². The molecule has 2 bridgehead atoms. The Morgan fingerprint density at radius 3 is 2.86 bits per heavy atom. The predicted molar refractivity (Wildman–Crippen MR) is 82.4 cm³/mol. The number of aromatic hydroxyl groups is 2. The molecule has 2 N–H and O–H groups in total. The molecular formula is C18H20O3. The van der Waals surface area contributed by atoms with Crippen LogP contribution in [0.4, 0.5) is 0 Å². The predicted octanol–water partition coefficient (Wildman–Crippen LogP) is 4.19. The maximum Gasteiger partial charge on any atom is 0.131 e. The van der Waals surface area contributed by atoms with Crippen LogP contribution in [0.1, 0.15) is 50.2 Å². The van der Waals surface area contributed by atoms with Crippen molar-refractivity contribution < 1.29 is 14.9 Å². The van der Waals surface area contributed by atoms with Crippen molar-refractivity contribution in [2.24, 2.45) is 0 Å². The van der Waals surface area contributed by atoms with Gasteiger partial charge in [-0.1, -0.05) is 19.1 Å². The highest BCUT2D eigenvalue weighted by atomic mass is 16.5. The lowest BCUT2D eigenvalue weighted by atomic mass is 9.79. The van der Waals surface area contributed by atoms with Crippen LogP contribution in [0.25, 0.3) is 10.8 Å². The fraction of sp³-hybridized carbons (Fsp3) is 0.444. The van der Waals surface area contributed by atoms with Gasteiger partial charge in [-0.25, -0.2) is 0 Å². The zero-order valence-corrected chi connectivity index (χ0v) is 12.4. The maximum atomic E-state index is 10.8. The third-order valence-electron chi connectivity index (χ3n) is 5.33. The Morgan fingerprint density at radius 2 is 2.10 bits per heavy atom. The van der Waals surface area contributed by atoms with Crippen molar-refractivity contribution in [2.45, 2.75) is 44.4 Å². The third kappa shape index (κ3) is 1.49. The monoisotopic (exact) mass is 284 g/mol. The highest BCUT2D eigenvalue weighted by Gasteiger charge is 2.49. The molecule has 2 aliphatic rings. The van der Waals surface area contributed by atoms with Gasteiger partial charge in [0.15, 0.2) is 0 Å². The summed E-state index contributed by atoms with van der Waals surface area (Å²) in [5.74, 6) is 1.67. The van der Waals surface area contributed by atoms with Gasteiger partial charge >= 0.3 is 0 Å². The molecule has 0 spiro atoms. The van der Waals surface area contributed by atoms with Crippen LogP contribution in [0.15, 0.2) is 18.2 Å². The van der Waals surface area contributed by atoms with Crippen molar-refractivity contribution >= 4 is 10.8 Å². The molecule has 110 valence electrons. The Labute approximate surface area is 124 Å². The van der Waals surface area contributed by atoms with Gasteiger partial charge in [0.25, 0.3) is 0 Å². The summed E-state index contributed by atoms with van der Waals surface area (Å²) in [5.41, 5.74) is 1.94. The van der Waals surface area contributed by atoms with E-state index in [-0.39, 0.29) is 5.41 Å². The summed E-state index contributed by atoms with van der Waals surface area (Å²) in [6.45, 7) is 4.67. The molecule has 0 amide bonds. The van der Waals surface area contributed by atoms with E-state index in [1.54, 1.807) is 0 Å². The summed E-state index contributed by atoms with van der Waals surface area (Å²) in [7, 11) is 0. The topological polar surface area (TPSA) is 49.7 Å². The van der Waals surface area contributed by atoms with Crippen LogP contribution in [0.3, 0.4) is 0 Å². The molecular weight excluding hydrogens is 264 g/mol. The van der Waals surface area contributed by atoms with Crippen molar-refractivity contribution in [3.63, 3.8) is 0 Å². The van der Waals surface area contributed by atoms with Gasteiger partial charge in [-0.2, -0.15) is 0 Å². The largest absolute Gasteiger partial charge is 0.507 e. The highest BCUT2D eigenvalue weighted by Crippen LogP contribution is 2.64. The number of ether oxygens (including phenoxy) is 1. The van der Waals surface area contributed by atoms with Crippen LogP contribution in [0.5, 0.6) is 17.2 Å². The lowest BCUT2D eigenvalue weighted by molar-refractivity contribution is 0.342. The molecule has 21 heavy (non-hydrogen) atoms. The molecule has 1 fully saturated rings. The molecule has 2 unspecified atom stereocenters. The number of hydrogen-bond acceptors (Lipinski definition) is 3. The molecule has 2 aromatic rings. The maximum absolute atomic E-state index is 10.8. The molecule has 1 saturated carbocycles. The second-order valence-corrected chi connectivity index (χ2v) is 6.60. The molecule has 0 saturated heterocycles. The standard InChI is InChI=1S/C18H20O3/c1-3-21-12-6-4-5-11-14(12)17(20)13-10-7-8-18(2,9-10)15(13)16(11)19/h4-6,10,19-20H,3,7-9H2,1-2H3. The average Bonchev–Trinajstić information content (AvgIpc) is 2.98. The van der Waals surface area contributed by atoms with E-state index in [1.165, 1.54) is 0 Å². The Bertz CT molecular complexity index is 750. The first-order chi connectivity index (χ1) is 10.1. The molecule has 0 radical (unpaired) electrons. The van der Waals surface area contributed by atoms with Crippen molar-refractivity contribution in [3.8, 4) is 17.2 Å². The summed E-state index contributed by atoms with van der Waals surface area (Å²) >= 11 is 0. The highest BCUT2D eigenvalue weighted by molar-refractivity contribution is 6.00. The fourth-order valence-electron chi connectivity index (χ4n) is 4.49. The number of rotatable bonds is 2. The molecule has 2 aliphatic carbocycles. The number of benzene rings is 2. The smallest absolute Gasteiger partial charge is 0.131 e. The Hall–Kier alpha value is -1.90. The van der Waals surface area contributed by atoms with E-state index in [9.17, 15) is 10.2 Å². The van der Waals surface area contributed by atoms with Crippen LogP contribution in [0, 0.1) is 0 Å². The normalized spacial score (nSPS) is 26.3. The van der Waals surface area contributed by atoms with Crippen LogP contribution >= 0.6 is 0 Å². The van der Waals surface area contributed by atoms with Crippen molar-refractivity contribution in [1.82, 2.24) is 0 Å². The minimum atomic E-state index is 0.0113. The Balaban J connectivity index is 2.12. The van der Waals surface area contributed by atoms with E-state index >= 15 is 0 Å². The summed E-state index contributed by atoms with van der Waals surface area (Å²) in [6.07, 6.45) is 3.22. The van der Waals surface area contributed by atoms with Crippen molar-refractivity contribution in [3.05, 3.63) is 29.3 Å². The molecule has 4 rings (SSSR count). The van der Waals surface area contributed by atoms with Crippen LogP contribution in [0.2, 0.25) is 0 Å². The summed E-state index contributed by atoms with van der Waals surface area (Å²) in [5, 5.41) is 23.0. The number of phenols is 2. The molecule has 2 atom stereocenters. The van der Waals surface area contributed by atoms with E-state index in [0.29, 0.717) is 40.5 Å². The second kappa shape index (κ2) is 4.06. The molecule has 3 heteroatoms. The first-order valence-corrected chi connectivity index (χ1v) is 7.70. The fourth-order valence-corrected chi connectivity index (χ4v) is 4.49. The number of fused-ring (bicyclic) bond motifs is 6. The van der Waals surface area contributed by atoms with E-state index in [0.717, 1.165) is 30.4 Å². The van der Waals surface area contributed by atoms with Gasteiger partial charge in [-0.3, -0.25) is 0 Å². The van der Waals surface area contributed by atoms with Gasteiger partial charge < -0.3 is 14.9 Å². The SMILES string of the molecule is CCOc1cccc2c(O)c3c(c(O)c12)C1CCC3(C)C1. The van der Waals surface area contributed by atoms with Crippen LogP contribution in [-0.2, 0) is 5.41 Å². The van der Waals surface area contributed by atoms with Crippen molar-refractivity contribution in [1.29, 1.82) is 0 Å². The van der Waals surface area contributed by atoms with E-state index in [4.69, 9.17) is 4.74 Å². The molecule has 3 nitrogen and oxygen atoms in total. The molecule has 0 aliphatic heterocycles. The van der Waals surface area contributed by atoms with Gasteiger partial charge in [0.05, 0.1) is 12.0 Å². The van der Waals surface area contributed by atoms with Gasteiger partial charge in [-0.05, 0) is 43.6 Å². The van der Waals surface area contributed by atoms with Gasteiger partial charge in [0.2, 0.25) is 0 Å². The van der Waals surface area contributed by atoms with Gasteiger partial charge in [0.1, 0.15) is 17.2 Å². The lowest BCUT2D eigenvalue weighted by Gasteiger charge is -2.27. The van der Waals surface area contributed by atoms with Gasteiger partial charge in [0, 0.05) is 16.5 Å². The number of hydrogen-bond donors (Lipinski definition) is 2. The average molecular weight is 284 g/mol. The summed E-state index contributed by atoms with van der Waals surface area (Å²) in [4.78, 5) is 0. The molecule has 0 heterocycles. The Kier molecular flexibility index (Phi) is 2.48. The minimum absolute atomic E-state index is 0.0113. The van der Waals surface area contributed by atoms with E-state index < -0.39 is 0 Å². The third-order valence-corrected chi connectivity index (χ3v) is 5.33. The lowest BCUT2D eigenvalue weighted by Crippen LogP contribution is -2.16. The molecule has 0 aromatic heterocycles. The van der Waals surface area contributed by atoms with Crippen LogP contribution in [-0.4, -0.2) is 16.8 Å². The zero-order valence-electron chi connectivity index (χ0n) is 12.4. The zero-order chi connectivity index (χ0) is 14.8. The number of phenolic OH excluding ortho intramolecular Hbond substituents is 2. The summed E-state index contributed by atoms with van der Waals surface area (Å²) < 4.78 is 5.65. The quantitative estimate of drug-likeness (QED) is 0.813.